The Morgan fingerprint density at radius 3 is 2.62 bits per heavy atom. The molecule has 0 atom stereocenters. The molecule has 0 amide bonds. The highest BCUT2D eigenvalue weighted by Crippen LogP contribution is 2.26. The number of hydrogen-bond acceptors (Lipinski definition) is 2. The van der Waals surface area contributed by atoms with Crippen molar-refractivity contribution in [3.8, 4) is 0 Å². The van der Waals surface area contributed by atoms with Crippen LogP contribution >= 0.6 is 15.9 Å². The van der Waals surface area contributed by atoms with Gasteiger partial charge in [-0.2, -0.15) is 0 Å². The predicted molar refractivity (Wildman–Crippen MR) is 68.6 cm³/mol. The standard InChI is InChI=1S/C12H16BrNO2/c1-2-3-4-5-6-10-7-8-12(14(15)16)11(13)9-10/h7-9H,2-6H2,1H3. The Hall–Kier alpha value is -0.900. The van der Waals surface area contributed by atoms with Crippen molar-refractivity contribution in [1.82, 2.24) is 0 Å². The van der Waals surface area contributed by atoms with E-state index in [1.165, 1.54) is 19.3 Å². The molecule has 0 aliphatic rings. The van der Waals surface area contributed by atoms with Crippen LogP contribution in [0.25, 0.3) is 0 Å². The molecule has 0 unspecified atom stereocenters. The van der Waals surface area contributed by atoms with E-state index in [2.05, 4.69) is 22.9 Å². The van der Waals surface area contributed by atoms with E-state index in [1.54, 1.807) is 6.07 Å². The molecule has 1 aromatic rings. The highest BCUT2D eigenvalue weighted by atomic mass is 79.9. The third kappa shape index (κ3) is 3.93. The zero-order valence-corrected chi connectivity index (χ0v) is 11.0. The summed E-state index contributed by atoms with van der Waals surface area (Å²) in [6, 6.07) is 5.26. The van der Waals surface area contributed by atoms with E-state index in [0.29, 0.717) is 4.47 Å². The number of nitro groups is 1. The first-order chi connectivity index (χ1) is 7.65. The van der Waals surface area contributed by atoms with Gasteiger partial charge in [-0.15, -0.1) is 0 Å². The summed E-state index contributed by atoms with van der Waals surface area (Å²) in [5.41, 5.74) is 1.30. The van der Waals surface area contributed by atoms with Crippen molar-refractivity contribution in [2.24, 2.45) is 0 Å². The van der Waals surface area contributed by atoms with Gasteiger partial charge in [-0.1, -0.05) is 32.3 Å². The van der Waals surface area contributed by atoms with E-state index in [4.69, 9.17) is 0 Å². The van der Waals surface area contributed by atoms with Crippen LogP contribution < -0.4 is 0 Å². The molecule has 0 saturated carbocycles. The number of unbranched alkanes of at least 4 members (excludes halogenated alkanes) is 3. The molecule has 0 N–H and O–H groups in total. The van der Waals surface area contributed by atoms with Gasteiger partial charge in [0, 0.05) is 6.07 Å². The number of nitro benzene ring substituents is 1. The molecule has 1 aromatic carbocycles. The molecule has 0 heterocycles. The Morgan fingerprint density at radius 1 is 1.31 bits per heavy atom. The zero-order valence-electron chi connectivity index (χ0n) is 9.41. The van der Waals surface area contributed by atoms with E-state index in [-0.39, 0.29) is 10.6 Å². The van der Waals surface area contributed by atoms with Crippen molar-refractivity contribution < 1.29 is 4.92 Å². The molecule has 0 bridgehead atoms. The largest absolute Gasteiger partial charge is 0.283 e. The number of halogens is 1. The lowest BCUT2D eigenvalue weighted by atomic mass is 10.1. The van der Waals surface area contributed by atoms with Crippen LogP contribution in [0.1, 0.15) is 38.2 Å². The quantitative estimate of drug-likeness (QED) is 0.439. The topological polar surface area (TPSA) is 43.1 Å². The van der Waals surface area contributed by atoms with Gasteiger partial charge in [-0.05, 0) is 40.4 Å². The molecule has 0 radical (unpaired) electrons. The van der Waals surface area contributed by atoms with Gasteiger partial charge in [0.15, 0.2) is 0 Å². The van der Waals surface area contributed by atoms with Gasteiger partial charge in [0.05, 0.1) is 9.40 Å². The van der Waals surface area contributed by atoms with Crippen LogP contribution in [-0.4, -0.2) is 4.92 Å². The number of aryl methyl sites for hydroxylation is 1. The van der Waals surface area contributed by atoms with Gasteiger partial charge in [-0.25, -0.2) is 0 Å². The first-order valence-corrected chi connectivity index (χ1v) is 6.37. The Morgan fingerprint density at radius 2 is 2.06 bits per heavy atom. The predicted octanol–water partition coefficient (Wildman–Crippen LogP) is 4.48. The molecular weight excluding hydrogens is 270 g/mol. The second-order valence-corrected chi connectivity index (χ2v) is 4.71. The third-order valence-corrected chi connectivity index (χ3v) is 3.16. The molecule has 0 spiro atoms. The Labute approximate surface area is 104 Å². The summed E-state index contributed by atoms with van der Waals surface area (Å²) in [6.45, 7) is 2.18. The second kappa shape index (κ2) is 6.63. The molecule has 0 aliphatic heterocycles. The van der Waals surface area contributed by atoms with E-state index >= 15 is 0 Å². The van der Waals surface area contributed by atoms with Gasteiger partial charge in [0.2, 0.25) is 0 Å². The van der Waals surface area contributed by atoms with Crippen LogP contribution in [0.4, 0.5) is 5.69 Å². The molecule has 0 fully saturated rings. The Kier molecular flexibility index (Phi) is 5.46. The molecule has 3 nitrogen and oxygen atoms in total. The fourth-order valence-electron chi connectivity index (χ4n) is 1.61. The maximum atomic E-state index is 10.6. The summed E-state index contributed by atoms with van der Waals surface area (Å²) in [4.78, 5) is 10.2. The second-order valence-electron chi connectivity index (χ2n) is 3.85. The SMILES string of the molecule is CCCCCCc1ccc([N+](=O)[O-])c(Br)c1. The number of nitrogens with zero attached hydrogens (tertiary/aromatic N) is 1. The van der Waals surface area contributed by atoms with Gasteiger partial charge < -0.3 is 0 Å². The Bertz CT molecular complexity index is 366. The first-order valence-electron chi connectivity index (χ1n) is 5.58. The molecular formula is C12H16BrNO2. The molecule has 1 rings (SSSR count). The van der Waals surface area contributed by atoms with Crippen molar-refractivity contribution in [1.29, 1.82) is 0 Å². The molecule has 0 aliphatic carbocycles. The van der Waals surface area contributed by atoms with Gasteiger partial charge in [0.1, 0.15) is 0 Å². The third-order valence-electron chi connectivity index (χ3n) is 2.53. The lowest BCUT2D eigenvalue weighted by Gasteiger charge is -2.02. The number of hydrogen-bond donors (Lipinski definition) is 0. The molecule has 16 heavy (non-hydrogen) atoms. The molecule has 4 heteroatoms. The zero-order chi connectivity index (χ0) is 12.0. The Balaban J connectivity index is 2.56. The number of benzene rings is 1. The highest BCUT2D eigenvalue weighted by molar-refractivity contribution is 9.10. The summed E-state index contributed by atoms with van der Waals surface area (Å²) in [7, 11) is 0. The maximum Gasteiger partial charge on any atom is 0.283 e. The lowest BCUT2D eigenvalue weighted by molar-refractivity contribution is -0.385. The normalized spacial score (nSPS) is 10.4. The van der Waals surface area contributed by atoms with Crippen LogP contribution in [0.2, 0.25) is 0 Å². The molecule has 0 saturated heterocycles. The van der Waals surface area contributed by atoms with E-state index in [1.807, 2.05) is 12.1 Å². The van der Waals surface area contributed by atoms with Crippen molar-refractivity contribution in [2.45, 2.75) is 39.0 Å². The monoisotopic (exact) mass is 285 g/mol. The lowest BCUT2D eigenvalue weighted by Crippen LogP contribution is -1.92. The van der Waals surface area contributed by atoms with Gasteiger partial charge in [-0.3, -0.25) is 10.1 Å². The minimum Gasteiger partial charge on any atom is -0.258 e. The minimum atomic E-state index is -0.370. The van der Waals surface area contributed by atoms with E-state index in [0.717, 1.165) is 18.4 Å². The summed E-state index contributed by atoms with van der Waals surface area (Å²) in [5, 5.41) is 10.6. The van der Waals surface area contributed by atoms with Crippen LogP contribution in [0, 0.1) is 10.1 Å². The summed E-state index contributed by atoms with van der Waals surface area (Å²) in [5.74, 6) is 0. The van der Waals surface area contributed by atoms with Crippen LogP contribution in [0.15, 0.2) is 22.7 Å². The fourth-order valence-corrected chi connectivity index (χ4v) is 2.18. The van der Waals surface area contributed by atoms with Gasteiger partial charge in [0.25, 0.3) is 5.69 Å². The van der Waals surface area contributed by atoms with Crippen LogP contribution in [0.5, 0.6) is 0 Å². The van der Waals surface area contributed by atoms with Crippen LogP contribution in [0.3, 0.4) is 0 Å². The van der Waals surface area contributed by atoms with E-state index < -0.39 is 0 Å². The highest BCUT2D eigenvalue weighted by Gasteiger charge is 2.11. The maximum absolute atomic E-state index is 10.6. The van der Waals surface area contributed by atoms with Crippen molar-refractivity contribution in [3.63, 3.8) is 0 Å². The smallest absolute Gasteiger partial charge is 0.258 e. The van der Waals surface area contributed by atoms with Crippen molar-refractivity contribution in [3.05, 3.63) is 38.3 Å². The van der Waals surface area contributed by atoms with Crippen molar-refractivity contribution in [2.75, 3.05) is 0 Å². The van der Waals surface area contributed by atoms with Crippen LogP contribution in [-0.2, 0) is 6.42 Å². The summed E-state index contributed by atoms with van der Waals surface area (Å²) in [6.07, 6.45) is 5.86. The van der Waals surface area contributed by atoms with Crippen molar-refractivity contribution >= 4 is 21.6 Å². The minimum absolute atomic E-state index is 0.136. The average Bonchev–Trinajstić information content (AvgIpc) is 2.24. The summed E-state index contributed by atoms with van der Waals surface area (Å²) >= 11 is 3.23. The number of rotatable bonds is 6. The molecule has 0 aromatic heterocycles. The average molecular weight is 286 g/mol. The van der Waals surface area contributed by atoms with Gasteiger partial charge >= 0.3 is 0 Å². The fraction of sp³-hybridized carbons (Fsp3) is 0.500. The summed E-state index contributed by atoms with van der Waals surface area (Å²) < 4.78 is 0.575. The molecule has 88 valence electrons. The first kappa shape index (κ1) is 13.2. The van der Waals surface area contributed by atoms with E-state index in [9.17, 15) is 10.1 Å².